The number of ether oxygens (including phenoxy) is 4. The number of nitrogens with zero attached hydrogens (tertiary/aromatic N) is 1. The van der Waals surface area contributed by atoms with Gasteiger partial charge in [0.2, 0.25) is 17.6 Å². The number of nitrogens with one attached hydrogen (secondary N) is 3. The van der Waals surface area contributed by atoms with E-state index in [9.17, 15) is 19.2 Å². The molecule has 0 aliphatic carbocycles. The van der Waals surface area contributed by atoms with Crippen molar-refractivity contribution in [2.75, 3.05) is 45.9 Å². The summed E-state index contributed by atoms with van der Waals surface area (Å²) in [7, 11) is -7.23. The molecule has 0 saturated carbocycles. The van der Waals surface area contributed by atoms with Gasteiger partial charge in [-0.1, -0.05) is 6.07 Å². The number of hydrogen-bond donors (Lipinski definition) is 3. The number of hydroxylamine groups is 2. The summed E-state index contributed by atoms with van der Waals surface area (Å²) >= 11 is 3.06. The number of halogens is 1. The number of aryl methyl sites for hydroxylation is 2. The molecule has 1 aliphatic heterocycles. The number of methoxy groups -OCH3 is 3. The molecule has 0 aromatic heterocycles. The van der Waals surface area contributed by atoms with Gasteiger partial charge in [-0.3, -0.25) is 24.0 Å². The quantitative estimate of drug-likeness (QED) is 0.259. The Kier molecular flexibility index (Phi) is 6.98. The summed E-state index contributed by atoms with van der Waals surface area (Å²) < 4.78 is 88.7. The Morgan fingerprint density at radius 2 is 1.67 bits per heavy atom. The number of anilines is 2. The molecule has 4 rings (SSSR count). The molecular formula is C31H33BrN4O9. The predicted octanol–water partition coefficient (Wildman–Crippen LogP) is 4.60. The zero-order valence-corrected chi connectivity index (χ0v) is 25.8. The molecule has 1 aliphatic rings. The van der Waals surface area contributed by atoms with Gasteiger partial charge in [-0.2, -0.15) is 0 Å². The molecule has 13 nitrogen and oxygen atoms in total. The molecule has 1 heterocycles. The molecule has 1 atom stereocenters. The molecule has 0 bridgehead atoms. The zero-order chi connectivity index (χ0) is 40.5. The minimum Gasteiger partial charge on any atom is -0.493 e. The number of rotatable bonds is 10. The van der Waals surface area contributed by atoms with E-state index in [4.69, 9.17) is 36.1 Å². The first kappa shape index (κ1) is 22.7. The summed E-state index contributed by atoms with van der Waals surface area (Å²) in [5.74, 6) is -5.92. The first-order chi connectivity index (χ1) is 24.8. The summed E-state index contributed by atoms with van der Waals surface area (Å²) in [6.07, 6.45) is -0.470. The van der Waals surface area contributed by atoms with E-state index in [1.54, 1.807) is 26.0 Å². The minimum atomic E-state index is -3.27. The third-order valence-electron chi connectivity index (χ3n) is 6.62. The van der Waals surface area contributed by atoms with Crippen molar-refractivity contribution in [1.29, 1.82) is 0 Å². The van der Waals surface area contributed by atoms with Crippen molar-refractivity contribution < 1.29 is 55.3 Å². The molecule has 45 heavy (non-hydrogen) atoms. The normalized spacial score (nSPS) is 17.7. The summed E-state index contributed by atoms with van der Waals surface area (Å²) in [5.41, 5.74) is 0.651. The van der Waals surface area contributed by atoms with Crippen molar-refractivity contribution in [3.63, 3.8) is 0 Å². The van der Waals surface area contributed by atoms with Crippen molar-refractivity contribution in [1.82, 2.24) is 10.4 Å². The molecular weight excluding hydrogens is 652 g/mol. The first-order valence-corrected chi connectivity index (χ1v) is 13.7. The van der Waals surface area contributed by atoms with Gasteiger partial charge in [-0.25, -0.2) is 5.06 Å². The fourth-order valence-corrected chi connectivity index (χ4v) is 5.01. The van der Waals surface area contributed by atoms with E-state index in [0.29, 0.717) is 0 Å². The topological polar surface area (TPSA) is 154 Å². The van der Waals surface area contributed by atoms with Crippen LogP contribution in [0.3, 0.4) is 0 Å². The van der Waals surface area contributed by atoms with Crippen LogP contribution in [0.25, 0.3) is 0 Å². The lowest BCUT2D eigenvalue weighted by Gasteiger charge is -2.19. The van der Waals surface area contributed by atoms with Gasteiger partial charge in [-0.05, 0) is 71.2 Å². The third-order valence-corrected chi connectivity index (χ3v) is 7.41. The van der Waals surface area contributed by atoms with Gasteiger partial charge in [0.15, 0.2) is 17.2 Å². The van der Waals surface area contributed by atoms with E-state index in [-0.39, 0.29) is 28.4 Å². The maximum absolute atomic E-state index is 14.0. The number of benzene rings is 3. The number of amides is 4. The maximum Gasteiger partial charge on any atom is 0.257 e. The van der Waals surface area contributed by atoms with Gasteiger partial charge in [0.1, 0.15) is 11.8 Å². The first-order valence-electron chi connectivity index (χ1n) is 17.5. The second kappa shape index (κ2) is 13.9. The fraction of sp³-hybridized carbons (Fsp3) is 0.290. The van der Waals surface area contributed by atoms with Crippen molar-refractivity contribution in [3.05, 3.63) is 63.1 Å². The summed E-state index contributed by atoms with van der Waals surface area (Å²) in [6, 6.07) is 7.05. The van der Waals surface area contributed by atoms with Crippen molar-refractivity contribution >= 4 is 50.9 Å². The van der Waals surface area contributed by atoms with E-state index in [1.165, 1.54) is 26.3 Å². The Balaban J connectivity index is 1.88. The van der Waals surface area contributed by atoms with E-state index in [0.717, 1.165) is 22.3 Å². The lowest BCUT2D eigenvalue weighted by molar-refractivity contribution is -0.169. The smallest absolute Gasteiger partial charge is 0.257 e. The van der Waals surface area contributed by atoms with Gasteiger partial charge in [0, 0.05) is 7.05 Å². The van der Waals surface area contributed by atoms with E-state index >= 15 is 0 Å². The maximum atomic E-state index is 14.0. The molecule has 0 fully saturated rings. The molecule has 0 unspecified atom stereocenters. The van der Waals surface area contributed by atoms with Crippen molar-refractivity contribution in [3.8, 4) is 28.7 Å². The van der Waals surface area contributed by atoms with E-state index in [1.807, 2.05) is 6.07 Å². The molecule has 0 radical (unpaired) electrons. The Bertz CT molecular complexity index is 1970. The monoisotopic (exact) mass is 693 g/mol. The predicted molar refractivity (Wildman–Crippen MR) is 168 cm³/mol. The van der Waals surface area contributed by atoms with Crippen LogP contribution in [0.2, 0.25) is 0 Å². The van der Waals surface area contributed by atoms with Crippen LogP contribution in [-0.4, -0.2) is 70.0 Å². The highest BCUT2D eigenvalue weighted by Crippen LogP contribution is 2.45. The summed E-state index contributed by atoms with van der Waals surface area (Å²) in [6.45, 7) is 3.61. The average Bonchev–Trinajstić information content (AvgIpc) is 3.12. The van der Waals surface area contributed by atoms with Crippen LogP contribution in [0.5, 0.6) is 28.7 Å². The van der Waals surface area contributed by atoms with Crippen molar-refractivity contribution in [2.24, 2.45) is 0 Å². The molecule has 0 spiro atoms. The van der Waals surface area contributed by atoms with E-state index in [2.05, 4.69) is 31.9 Å². The fourth-order valence-electron chi connectivity index (χ4n) is 4.45. The second-order valence-corrected chi connectivity index (χ2v) is 10.6. The molecule has 14 heteroatoms. The lowest BCUT2D eigenvalue weighted by Crippen LogP contribution is -2.44. The SMILES string of the molecule is [2H]C([2H])([2H])Oc1cc(C(=O)Nc2cc3c(cc2Oc2cc(C)cc(C)c2)C(=O)N[C@@H](CC(=O)N(C)OC)C(=O)N3)c(Br)c(OC([2H])([2H])[2H])c1OC([2H])([2H])[2H]. The highest BCUT2D eigenvalue weighted by atomic mass is 79.9. The summed E-state index contributed by atoms with van der Waals surface area (Å²) in [4.78, 5) is 58.1. The van der Waals surface area contributed by atoms with Crippen LogP contribution in [-0.2, 0) is 14.4 Å². The molecule has 4 amide bonds. The summed E-state index contributed by atoms with van der Waals surface area (Å²) in [5, 5.41) is 8.46. The van der Waals surface area contributed by atoms with Gasteiger partial charge in [-0.15, -0.1) is 0 Å². The van der Waals surface area contributed by atoms with Crippen LogP contribution >= 0.6 is 15.9 Å². The Morgan fingerprint density at radius 1 is 0.978 bits per heavy atom. The molecule has 238 valence electrons. The molecule has 3 aromatic carbocycles. The van der Waals surface area contributed by atoms with E-state index < -0.39 is 84.5 Å². The second-order valence-electron chi connectivity index (χ2n) is 9.77. The standard InChI is InChI=1S/C31H33BrN4O9/c1-15-8-16(2)10-17(9-15)45-23-11-18-20(33-31(40)22(35-29(18)38)14-25(37)36(3)44-7)13-21(23)34-30(39)19-12-24(41-4)27(42-5)28(43-6)26(19)32/h8-13,22H,14H2,1-7H3,(H,33,40)(H,34,39)(H,35,38)/t22-/m0/s1/i4D3,5D3,6D3. The molecule has 3 aromatic rings. The average molecular weight is 695 g/mol. The zero-order valence-electron chi connectivity index (χ0n) is 33.2. The highest BCUT2D eigenvalue weighted by Gasteiger charge is 2.32. The highest BCUT2D eigenvalue weighted by molar-refractivity contribution is 9.10. The minimum absolute atomic E-state index is 0.117. The van der Waals surface area contributed by atoms with Gasteiger partial charge in [0.05, 0.1) is 74.0 Å². The van der Waals surface area contributed by atoms with Crippen LogP contribution in [0.1, 0.15) is 50.6 Å². The number of hydrogen-bond acceptors (Lipinski definition) is 9. The number of carbonyl (C=O) groups is 4. The lowest BCUT2D eigenvalue weighted by atomic mass is 10.1. The van der Waals surface area contributed by atoms with Crippen LogP contribution < -0.4 is 34.9 Å². The Labute approximate surface area is 280 Å². The van der Waals surface area contributed by atoms with Crippen LogP contribution in [0, 0.1) is 13.8 Å². The van der Waals surface area contributed by atoms with Gasteiger partial charge < -0.3 is 34.9 Å². The van der Waals surface area contributed by atoms with Crippen LogP contribution in [0.15, 0.2) is 40.9 Å². The Hall–Kier alpha value is -4.82. The largest absolute Gasteiger partial charge is 0.493 e. The number of carbonyl (C=O) groups excluding carboxylic acids is 4. The van der Waals surface area contributed by atoms with Crippen molar-refractivity contribution in [2.45, 2.75) is 26.3 Å². The Morgan fingerprint density at radius 3 is 2.33 bits per heavy atom. The molecule has 3 N–H and O–H groups in total. The van der Waals surface area contributed by atoms with Gasteiger partial charge >= 0.3 is 0 Å². The van der Waals surface area contributed by atoms with Gasteiger partial charge in [0.25, 0.3) is 11.8 Å². The van der Waals surface area contributed by atoms with Crippen LogP contribution in [0.4, 0.5) is 11.4 Å². The third kappa shape index (κ3) is 7.13. The number of fused-ring (bicyclic) bond motifs is 1. The molecule has 0 saturated heterocycles.